The van der Waals surface area contributed by atoms with Gasteiger partial charge in [0.05, 0.1) is 18.3 Å². The second kappa shape index (κ2) is 7.70. The molecule has 0 spiro atoms. The van der Waals surface area contributed by atoms with E-state index in [2.05, 4.69) is 10.4 Å². The first-order valence-corrected chi connectivity index (χ1v) is 8.79. The molecule has 0 aliphatic carbocycles. The summed E-state index contributed by atoms with van der Waals surface area (Å²) in [6, 6.07) is 8.08. The molecule has 1 aromatic carbocycles. The van der Waals surface area contributed by atoms with Crippen molar-refractivity contribution in [3.05, 3.63) is 47.8 Å². The van der Waals surface area contributed by atoms with Gasteiger partial charge in [0, 0.05) is 25.8 Å². The van der Waals surface area contributed by atoms with Crippen LogP contribution < -0.4 is 10.1 Å². The molecule has 1 amide bonds. The number of hydrogen-bond acceptors (Lipinski definition) is 4. The van der Waals surface area contributed by atoms with E-state index in [4.69, 9.17) is 4.74 Å². The first-order chi connectivity index (χ1) is 12.0. The van der Waals surface area contributed by atoms with Crippen LogP contribution in [-0.4, -0.2) is 46.3 Å². The number of carbonyl (C=O) groups is 1. The average Bonchev–Trinajstić information content (AvgIpc) is 3.00. The standard InChI is InChI=1S/C19H26N4O2/c1-14(2)25-17-6-4-16(5-7-17)18-11-20-8-9-23(18)19(24)13-22-12-15(3)10-21-22/h4-7,10,12,14,18,20H,8-9,11,13H2,1-3H3/t18-/m0/s1. The van der Waals surface area contributed by atoms with Crippen molar-refractivity contribution in [1.82, 2.24) is 20.0 Å². The zero-order chi connectivity index (χ0) is 17.8. The second-order valence-electron chi connectivity index (χ2n) is 6.76. The van der Waals surface area contributed by atoms with Crippen molar-refractivity contribution in [1.29, 1.82) is 0 Å². The lowest BCUT2D eigenvalue weighted by atomic mass is 10.0. The van der Waals surface area contributed by atoms with Crippen molar-refractivity contribution in [2.75, 3.05) is 19.6 Å². The Balaban J connectivity index is 1.72. The van der Waals surface area contributed by atoms with E-state index >= 15 is 0 Å². The van der Waals surface area contributed by atoms with E-state index in [0.717, 1.165) is 30.0 Å². The van der Waals surface area contributed by atoms with Gasteiger partial charge in [0.2, 0.25) is 5.91 Å². The van der Waals surface area contributed by atoms with Crippen LogP contribution in [0.3, 0.4) is 0 Å². The minimum Gasteiger partial charge on any atom is -0.491 e. The summed E-state index contributed by atoms with van der Waals surface area (Å²) in [6.45, 7) is 8.55. The normalized spacial score (nSPS) is 17.8. The summed E-state index contributed by atoms with van der Waals surface area (Å²) in [6.07, 6.45) is 3.82. The highest BCUT2D eigenvalue weighted by molar-refractivity contribution is 5.76. The zero-order valence-electron chi connectivity index (χ0n) is 15.1. The van der Waals surface area contributed by atoms with Crippen LogP contribution in [0.15, 0.2) is 36.7 Å². The highest BCUT2D eigenvalue weighted by Crippen LogP contribution is 2.25. The smallest absolute Gasteiger partial charge is 0.244 e. The number of ether oxygens (including phenoxy) is 1. The molecule has 6 nitrogen and oxygen atoms in total. The molecule has 2 aromatic rings. The Kier molecular flexibility index (Phi) is 5.38. The largest absolute Gasteiger partial charge is 0.491 e. The predicted molar refractivity (Wildman–Crippen MR) is 96.5 cm³/mol. The predicted octanol–water partition coefficient (Wildman–Crippen LogP) is 2.15. The van der Waals surface area contributed by atoms with Gasteiger partial charge < -0.3 is 15.0 Å². The third-order valence-electron chi connectivity index (χ3n) is 4.26. The zero-order valence-corrected chi connectivity index (χ0v) is 15.1. The Morgan fingerprint density at radius 3 is 2.76 bits per heavy atom. The van der Waals surface area contributed by atoms with Crippen molar-refractivity contribution >= 4 is 5.91 Å². The number of aryl methyl sites for hydroxylation is 1. The summed E-state index contributed by atoms with van der Waals surface area (Å²) in [4.78, 5) is 14.7. The van der Waals surface area contributed by atoms with Crippen molar-refractivity contribution in [3.63, 3.8) is 0 Å². The summed E-state index contributed by atoms with van der Waals surface area (Å²) in [5, 5.41) is 7.61. The van der Waals surface area contributed by atoms with Gasteiger partial charge in [-0.05, 0) is 44.0 Å². The van der Waals surface area contributed by atoms with E-state index in [1.807, 2.05) is 56.1 Å². The highest BCUT2D eigenvalue weighted by Gasteiger charge is 2.28. The molecule has 6 heteroatoms. The minimum absolute atomic E-state index is 0.0333. The van der Waals surface area contributed by atoms with Crippen LogP contribution in [0.4, 0.5) is 0 Å². The molecule has 3 rings (SSSR count). The van der Waals surface area contributed by atoms with Crippen molar-refractivity contribution in [2.45, 2.75) is 39.5 Å². The van der Waals surface area contributed by atoms with Crippen LogP contribution in [0.5, 0.6) is 5.75 Å². The molecule has 0 bridgehead atoms. The maximum Gasteiger partial charge on any atom is 0.244 e. The summed E-state index contributed by atoms with van der Waals surface area (Å²) >= 11 is 0. The molecule has 1 fully saturated rings. The van der Waals surface area contributed by atoms with Gasteiger partial charge in [-0.1, -0.05) is 12.1 Å². The van der Waals surface area contributed by atoms with Crippen LogP contribution in [-0.2, 0) is 11.3 Å². The van der Waals surface area contributed by atoms with Crippen LogP contribution in [0.2, 0.25) is 0 Å². The molecule has 1 N–H and O–H groups in total. The molecule has 1 saturated heterocycles. The molecular weight excluding hydrogens is 316 g/mol. The Labute approximate surface area is 148 Å². The summed E-state index contributed by atoms with van der Waals surface area (Å²) in [7, 11) is 0. The van der Waals surface area contributed by atoms with Crippen LogP contribution >= 0.6 is 0 Å². The van der Waals surface area contributed by atoms with Crippen molar-refractivity contribution < 1.29 is 9.53 Å². The van der Waals surface area contributed by atoms with Gasteiger partial charge >= 0.3 is 0 Å². The topological polar surface area (TPSA) is 59.4 Å². The van der Waals surface area contributed by atoms with Crippen LogP contribution in [0.25, 0.3) is 0 Å². The van der Waals surface area contributed by atoms with E-state index in [0.29, 0.717) is 6.54 Å². The maximum absolute atomic E-state index is 12.8. The lowest BCUT2D eigenvalue weighted by Crippen LogP contribution is -2.49. The first-order valence-electron chi connectivity index (χ1n) is 8.79. The number of rotatable bonds is 5. The molecule has 2 heterocycles. The molecule has 0 saturated carbocycles. The van der Waals surface area contributed by atoms with E-state index in [-0.39, 0.29) is 24.6 Å². The Morgan fingerprint density at radius 2 is 2.12 bits per heavy atom. The van der Waals surface area contributed by atoms with Crippen molar-refractivity contribution in [2.24, 2.45) is 0 Å². The van der Waals surface area contributed by atoms with Crippen LogP contribution in [0, 0.1) is 6.92 Å². The fourth-order valence-corrected chi connectivity index (χ4v) is 3.12. The molecule has 1 aliphatic rings. The van der Waals surface area contributed by atoms with Gasteiger partial charge in [0.1, 0.15) is 12.3 Å². The van der Waals surface area contributed by atoms with E-state index in [9.17, 15) is 4.79 Å². The van der Waals surface area contributed by atoms with Gasteiger partial charge in [-0.3, -0.25) is 9.48 Å². The molecule has 134 valence electrons. The third-order valence-corrected chi connectivity index (χ3v) is 4.26. The fraction of sp³-hybridized carbons (Fsp3) is 0.474. The molecule has 1 atom stereocenters. The van der Waals surface area contributed by atoms with Gasteiger partial charge in [-0.25, -0.2) is 0 Å². The minimum atomic E-state index is 0.0333. The summed E-state index contributed by atoms with van der Waals surface area (Å²) in [5.41, 5.74) is 2.18. The van der Waals surface area contributed by atoms with E-state index in [1.54, 1.807) is 10.9 Å². The maximum atomic E-state index is 12.8. The number of nitrogens with one attached hydrogen (secondary N) is 1. The lowest BCUT2D eigenvalue weighted by molar-refractivity contribution is -0.135. The number of piperazine rings is 1. The first kappa shape index (κ1) is 17.5. The number of hydrogen-bond donors (Lipinski definition) is 1. The molecule has 0 unspecified atom stereocenters. The molecule has 1 aliphatic heterocycles. The number of carbonyl (C=O) groups excluding carboxylic acids is 1. The summed E-state index contributed by atoms with van der Waals surface area (Å²) < 4.78 is 7.41. The van der Waals surface area contributed by atoms with E-state index < -0.39 is 0 Å². The van der Waals surface area contributed by atoms with Gasteiger partial charge in [0.15, 0.2) is 0 Å². The average molecular weight is 342 g/mol. The molecular formula is C19H26N4O2. The monoisotopic (exact) mass is 342 g/mol. The second-order valence-corrected chi connectivity index (χ2v) is 6.76. The number of nitrogens with zero attached hydrogens (tertiary/aromatic N) is 3. The van der Waals surface area contributed by atoms with Crippen molar-refractivity contribution in [3.8, 4) is 5.75 Å². The Morgan fingerprint density at radius 1 is 1.36 bits per heavy atom. The third kappa shape index (κ3) is 4.39. The number of aromatic nitrogens is 2. The van der Waals surface area contributed by atoms with E-state index in [1.165, 1.54) is 0 Å². The molecule has 0 radical (unpaired) electrons. The fourth-order valence-electron chi connectivity index (χ4n) is 3.12. The number of benzene rings is 1. The highest BCUT2D eigenvalue weighted by atomic mass is 16.5. The number of amides is 1. The van der Waals surface area contributed by atoms with Gasteiger partial charge in [0.25, 0.3) is 0 Å². The quantitative estimate of drug-likeness (QED) is 0.904. The SMILES string of the molecule is Cc1cnn(CC(=O)N2CCNC[C@H]2c2ccc(OC(C)C)cc2)c1. The molecule has 1 aromatic heterocycles. The Hall–Kier alpha value is -2.34. The lowest BCUT2D eigenvalue weighted by Gasteiger charge is -2.36. The van der Waals surface area contributed by atoms with Gasteiger partial charge in [-0.15, -0.1) is 0 Å². The Bertz CT molecular complexity index is 708. The summed E-state index contributed by atoms with van der Waals surface area (Å²) in [5.74, 6) is 0.949. The molecule has 25 heavy (non-hydrogen) atoms. The van der Waals surface area contributed by atoms with Gasteiger partial charge in [-0.2, -0.15) is 5.10 Å². The van der Waals surface area contributed by atoms with Crippen LogP contribution in [0.1, 0.15) is 31.0 Å².